The van der Waals surface area contributed by atoms with Gasteiger partial charge < -0.3 is 9.88 Å². The van der Waals surface area contributed by atoms with Gasteiger partial charge in [-0.15, -0.1) is 0 Å². The van der Waals surface area contributed by atoms with Crippen LogP contribution in [0.5, 0.6) is 0 Å². The number of nitrogens with zero attached hydrogens (tertiary/aromatic N) is 2. The number of nitrogens with one attached hydrogen (secondary N) is 1. The molecule has 0 atom stereocenters. The van der Waals surface area contributed by atoms with Gasteiger partial charge in [0.2, 0.25) is 0 Å². The average molecular weight is 267 g/mol. The normalized spacial score (nSPS) is 16.2. The lowest BCUT2D eigenvalue weighted by Crippen LogP contribution is -2.12. The van der Waals surface area contributed by atoms with Crippen LogP contribution in [0.15, 0.2) is 30.5 Å². The van der Waals surface area contributed by atoms with Crippen molar-refractivity contribution < 1.29 is 0 Å². The molecule has 2 aromatic rings. The van der Waals surface area contributed by atoms with Crippen molar-refractivity contribution in [1.82, 2.24) is 9.88 Å². The van der Waals surface area contributed by atoms with E-state index in [1.807, 2.05) is 0 Å². The zero-order chi connectivity index (χ0) is 14.0. The van der Waals surface area contributed by atoms with Crippen LogP contribution in [0, 0.1) is 16.7 Å². The highest BCUT2D eigenvalue weighted by Crippen LogP contribution is 2.50. The summed E-state index contributed by atoms with van der Waals surface area (Å²) in [6, 6.07) is 11.2. The Hall–Kier alpha value is -1.79. The first-order chi connectivity index (χ1) is 9.76. The predicted octanol–water partition coefficient (Wildman–Crippen LogP) is 3.44. The highest BCUT2D eigenvalue weighted by Gasteiger charge is 2.42. The zero-order valence-electron chi connectivity index (χ0n) is 12.0. The maximum atomic E-state index is 8.96. The average Bonchev–Trinajstić information content (AvgIpc) is 3.10. The molecule has 0 amide bonds. The minimum atomic E-state index is 0.248. The second-order valence-corrected chi connectivity index (χ2v) is 5.95. The van der Waals surface area contributed by atoms with Crippen LogP contribution in [0.4, 0.5) is 0 Å². The Morgan fingerprint density at radius 1 is 1.35 bits per heavy atom. The summed E-state index contributed by atoms with van der Waals surface area (Å²) >= 11 is 0. The SMILES string of the molecule is CCNCc1ccc2ccn(CC3(CC#N)CC3)c2c1. The van der Waals surface area contributed by atoms with Crippen molar-refractivity contribution >= 4 is 10.9 Å². The molecule has 0 radical (unpaired) electrons. The van der Waals surface area contributed by atoms with E-state index in [2.05, 4.69) is 53.3 Å². The maximum absolute atomic E-state index is 8.96. The first kappa shape index (κ1) is 13.2. The van der Waals surface area contributed by atoms with Gasteiger partial charge in [-0.3, -0.25) is 0 Å². The van der Waals surface area contributed by atoms with Gasteiger partial charge in [-0.2, -0.15) is 5.26 Å². The molecule has 0 saturated heterocycles. The lowest BCUT2D eigenvalue weighted by molar-refractivity contribution is 0.439. The monoisotopic (exact) mass is 267 g/mol. The smallest absolute Gasteiger partial charge is 0.0628 e. The standard InChI is InChI=1S/C17H21N3/c1-2-19-12-14-3-4-15-5-10-20(16(15)11-14)13-17(6-7-17)8-9-18/h3-5,10-11,19H,2,6-8,12-13H2,1H3. The Kier molecular flexibility index (Phi) is 3.50. The topological polar surface area (TPSA) is 40.8 Å². The van der Waals surface area contributed by atoms with Crippen LogP contribution in [-0.4, -0.2) is 11.1 Å². The van der Waals surface area contributed by atoms with Crippen molar-refractivity contribution in [2.24, 2.45) is 5.41 Å². The van der Waals surface area contributed by atoms with Gasteiger partial charge >= 0.3 is 0 Å². The van der Waals surface area contributed by atoms with Crippen LogP contribution in [0.2, 0.25) is 0 Å². The fourth-order valence-corrected chi connectivity index (χ4v) is 2.84. The van der Waals surface area contributed by atoms with Crippen molar-refractivity contribution in [2.45, 2.75) is 39.3 Å². The third kappa shape index (κ3) is 2.57. The number of hydrogen-bond donors (Lipinski definition) is 1. The van der Waals surface area contributed by atoms with E-state index in [0.29, 0.717) is 6.42 Å². The van der Waals surface area contributed by atoms with E-state index >= 15 is 0 Å². The van der Waals surface area contributed by atoms with Crippen LogP contribution in [0.1, 0.15) is 31.7 Å². The molecule has 1 heterocycles. The first-order valence-electron chi connectivity index (χ1n) is 7.42. The molecule has 104 valence electrons. The van der Waals surface area contributed by atoms with Gasteiger partial charge in [0.05, 0.1) is 6.07 Å². The van der Waals surface area contributed by atoms with Crippen LogP contribution < -0.4 is 5.32 Å². The minimum absolute atomic E-state index is 0.248. The summed E-state index contributed by atoms with van der Waals surface area (Å²) < 4.78 is 2.33. The fourth-order valence-electron chi connectivity index (χ4n) is 2.84. The Bertz CT molecular complexity index is 644. The molecule has 0 unspecified atom stereocenters. The van der Waals surface area contributed by atoms with Gasteiger partial charge in [0.25, 0.3) is 0 Å². The highest BCUT2D eigenvalue weighted by molar-refractivity contribution is 5.80. The molecule has 1 aliphatic rings. The van der Waals surface area contributed by atoms with E-state index in [1.54, 1.807) is 0 Å². The molecule has 1 aromatic carbocycles. The highest BCUT2D eigenvalue weighted by atomic mass is 15.0. The lowest BCUT2D eigenvalue weighted by atomic mass is 10.0. The molecule has 3 rings (SSSR count). The second-order valence-electron chi connectivity index (χ2n) is 5.95. The van der Waals surface area contributed by atoms with Gasteiger partial charge in [-0.1, -0.05) is 19.1 Å². The summed E-state index contributed by atoms with van der Waals surface area (Å²) in [7, 11) is 0. The van der Waals surface area contributed by atoms with Crippen molar-refractivity contribution in [3.8, 4) is 6.07 Å². The van der Waals surface area contributed by atoms with E-state index in [1.165, 1.54) is 29.3 Å². The van der Waals surface area contributed by atoms with E-state index in [-0.39, 0.29) is 5.41 Å². The molecule has 3 heteroatoms. The molecule has 3 nitrogen and oxygen atoms in total. The summed E-state index contributed by atoms with van der Waals surface area (Å²) in [5.41, 5.74) is 2.87. The summed E-state index contributed by atoms with van der Waals surface area (Å²) in [5, 5.41) is 13.6. The van der Waals surface area contributed by atoms with Gasteiger partial charge in [0, 0.05) is 36.6 Å². The molecular formula is C17H21N3. The molecular weight excluding hydrogens is 246 g/mol. The summed E-state index contributed by atoms with van der Waals surface area (Å²) in [6.45, 7) is 5.01. The van der Waals surface area contributed by atoms with Gasteiger partial charge in [-0.25, -0.2) is 0 Å². The van der Waals surface area contributed by atoms with Gasteiger partial charge in [0.15, 0.2) is 0 Å². The molecule has 20 heavy (non-hydrogen) atoms. The number of fused-ring (bicyclic) bond motifs is 1. The van der Waals surface area contributed by atoms with Gasteiger partial charge in [0.1, 0.15) is 0 Å². The summed E-state index contributed by atoms with van der Waals surface area (Å²) in [4.78, 5) is 0. The zero-order valence-corrected chi connectivity index (χ0v) is 12.0. The molecule has 0 aliphatic heterocycles. The van der Waals surface area contributed by atoms with E-state index in [0.717, 1.165) is 19.6 Å². The Morgan fingerprint density at radius 2 is 2.20 bits per heavy atom. The quantitative estimate of drug-likeness (QED) is 0.871. The number of aromatic nitrogens is 1. The van der Waals surface area contributed by atoms with Crippen LogP contribution >= 0.6 is 0 Å². The minimum Gasteiger partial charge on any atom is -0.347 e. The lowest BCUT2D eigenvalue weighted by Gasteiger charge is -2.14. The van der Waals surface area contributed by atoms with Crippen molar-refractivity contribution in [3.05, 3.63) is 36.0 Å². The predicted molar refractivity (Wildman–Crippen MR) is 81.2 cm³/mol. The maximum Gasteiger partial charge on any atom is 0.0628 e. The van der Waals surface area contributed by atoms with Crippen LogP contribution in [0.3, 0.4) is 0 Å². The summed E-state index contributed by atoms with van der Waals surface area (Å²) in [5.74, 6) is 0. The number of benzene rings is 1. The second kappa shape index (κ2) is 5.30. The number of hydrogen-bond acceptors (Lipinski definition) is 2. The van der Waals surface area contributed by atoms with E-state index in [9.17, 15) is 0 Å². The third-order valence-corrected chi connectivity index (χ3v) is 4.33. The molecule has 1 aromatic heterocycles. The Labute approximate surface area is 120 Å². The molecule has 1 N–H and O–H groups in total. The summed E-state index contributed by atoms with van der Waals surface area (Å²) in [6.07, 6.45) is 5.23. The number of rotatable bonds is 6. The fraction of sp³-hybridized carbons (Fsp3) is 0.471. The Morgan fingerprint density at radius 3 is 2.90 bits per heavy atom. The van der Waals surface area contributed by atoms with Crippen molar-refractivity contribution in [2.75, 3.05) is 6.54 Å². The molecule has 1 saturated carbocycles. The molecule has 0 bridgehead atoms. The molecule has 0 spiro atoms. The van der Waals surface area contributed by atoms with E-state index in [4.69, 9.17) is 5.26 Å². The van der Waals surface area contributed by atoms with Crippen LogP contribution in [-0.2, 0) is 13.1 Å². The Balaban J connectivity index is 1.86. The number of nitriles is 1. The first-order valence-corrected chi connectivity index (χ1v) is 7.42. The van der Waals surface area contributed by atoms with Crippen molar-refractivity contribution in [3.63, 3.8) is 0 Å². The van der Waals surface area contributed by atoms with Crippen molar-refractivity contribution in [1.29, 1.82) is 5.26 Å². The largest absolute Gasteiger partial charge is 0.347 e. The third-order valence-electron chi connectivity index (χ3n) is 4.33. The molecule has 1 aliphatic carbocycles. The van der Waals surface area contributed by atoms with Gasteiger partial charge in [-0.05, 0) is 42.5 Å². The molecule has 1 fully saturated rings. The van der Waals surface area contributed by atoms with Crippen LogP contribution in [0.25, 0.3) is 10.9 Å². The van der Waals surface area contributed by atoms with E-state index < -0.39 is 0 Å².